The van der Waals surface area contributed by atoms with E-state index >= 15 is 0 Å². The van der Waals surface area contributed by atoms with Crippen LogP contribution in [0.2, 0.25) is 0 Å². The van der Waals surface area contributed by atoms with Crippen molar-refractivity contribution in [3.8, 4) is 0 Å². The van der Waals surface area contributed by atoms with Crippen molar-refractivity contribution >= 4 is 10.8 Å². The maximum absolute atomic E-state index is 2.24. The van der Waals surface area contributed by atoms with Gasteiger partial charge in [-0.3, -0.25) is 0 Å². The molecule has 0 N–H and O–H groups in total. The molecule has 0 aliphatic heterocycles. The van der Waals surface area contributed by atoms with Crippen LogP contribution in [0, 0.1) is 90.0 Å². The van der Waals surface area contributed by atoms with Gasteiger partial charge in [-0.05, 0) is 173 Å². The number of hydrogen-bond acceptors (Lipinski definition) is 0. The van der Waals surface area contributed by atoms with E-state index in [2.05, 4.69) is 132 Å². The van der Waals surface area contributed by atoms with Gasteiger partial charge >= 0.3 is 0 Å². The first kappa shape index (κ1) is 28.4. The van der Waals surface area contributed by atoms with Gasteiger partial charge in [0.2, 0.25) is 0 Å². The van der Waals surface area contributed by atoms with Crippen LogP contribution in [-0.2, 0) is 0 Å². The zero-order chi connectivity index (χ0) is 26.6. The Labute approximate surface area is 215 Å². The maximum Gasteiger partial charge on any atom is -0.0120 e. The minimum absolute atomic E-state index is 1.39. The molecule has 4 aromatic carbocycles. The SMILES string of the molecule is Cc1c(C)c(C)c2c(C)cccc2c1C.Cc1cc(C)c(C)cc1C.Cc1ccc(C)c(C)c1C. The van der Waals surface area contributed by atoms with Gasteiger partial charge in [-0.25, -0.2) is 0 Å². The van der Waals surface area contributed by atoms with E-state index < -0.39 is 0 Å². The Kier molecular flexibility index (Phi) is 9.50. The molecule has 0 radical (unpaired) electrons. The van der Waals surface area contributed by atoms with Crippen molar-refractivity contribution in [1.29, 1.82) is 0 Å². The molecule has 0 amide bonds. The second-order valence-electron chi connectivity index (χ2n) is 10.5. The molecule has 0 atom stereocenters. The largest absolute Gasteiger partial charge is 0.0614 e. The number of fused-ring (bicyclic) bond motifs is 1. The van der Waals surface area contributed by atoms with Crippen LogP contribution in [0.15, 0.2) is 42.5 Å². The van der Waals surface area contributed by atoms with Crippen molar-refractivity contribution in [2.45, 2.75) is 90.0 Å². The fraction of sp³-hybridized carbons (Fsp3) is 0.371. The lowest BCUT2D eigenvalue weighted by molar-refractivity contribution is 1.22. The summed E-state index contributed by atoms with van der Waals surface area (Å²) in [6.45, 7) is 28.4. The molecule has 4 rings (SSSR count). The van der Waals surface area contributed by atoms with Crippen molar-refractivity contribution in [3.63, 3.8) is 0 Å². The molecule has 0 aliphatic carbocycles. The minimum Gasteiger partial charge on any atom is -0.0614 e. The number of benzene rings is 4. The molecule has 0 aliphatic rings. The van der Waals surface area contributed by atoms with Crippen LogP contribution in [0.3, 0.4) is 0 Å². The minimum atomic E-state index is 1.39. The van der Waals surface area contributed by atoms with Crippen molar-refractivity contribution in [1.82, 2.24) is 0 Å². The van der Waals surface area contributed by atoms with Gasteiger partial charge in [-0.15, -0.1) is 0 Å². The van der Waals surface area contributed by atoms with Crippen LogP contribution in [0.25, 0.3) is 10.8 Å². The average molecular weight is 467 g/mol. The van der Waals surface area contributed by atoms with E-state index in [4.69, 9.17) is 0 Å². The summed E-state index contributed by atoms with van der Waals surface area (Å²) in [5.74, 6) is 0. The molecular weight excluding hydrogens is 420 g/mol. The molecule has 0 nitrogen and oxygen atoms in total. The van der Waals surface area contributed by atoms with Crippen LogP contribution in [0.4, 0.5) is 0 Å². The molecule has 0 saturated carbocycles. The fourth-order valence-corrected chi connectivity index (χ4v) is 4.63. The zero-order valence-corrected chi connectivity index (χ0v) is 24.5. The van der Waals surface area contributed by atoms with Crippen LogP contribution in [0.1, 0.15) is 72.3 Å². The highest BCUT2D eigenvalue weighted by molar-refractivity contribution is 5.93. The monoisotopic (exact) mass is 466 g/mol. The second kappa shape index (κ2) is 11.7. The molecule has 0 unspecified atom stereocenters. The second-order valence-corrected chi connectivity index (χ2v) is 10.5. The first-order valence-corrected chi connectivity index (χ1v) is 12.8. The average Bonchev–Trinajstić information content (AvgIpc) is 2.82. The molecule has 186 valence electrons. The van der Waals surface area contributed by atoms with Crippen molar-refractivity contribution in [2.75, 3.05) is 0 Å². The summed E-state index contributed by atoms with van der Waals surface area (Å²) in [5.41, 5.74) is 18.3. The van der Waals surface area contributed by atoms with Gasteiger partial charge in [0.1, 0.15) is 0 Å². The summed E-state index contributed by atoms with van der Waals surface area (Å²) in [4.78, 5) is 0. The van der Waals surface area contributed by atoms with E-state index in [9.17, 15) is 0 Å². The normalized spacial score (nSPS) is 10.4. The van der Waals surface area contributed by atoms with Gasteiger partial charge in [0.15, 0.2) is 0 Å². The molecule has 0 saturated heterocycles. The van der Waals surface area contributed by atoms with E-state index in [-0.39, 0.29) is 0 Å². The van der Waals surface area contributed by atoms with Gasteiger partial charge in [-0.2, -0.15) is 0 Å². The van der Waals surface area contributed by atoms with E-state index in [0.29, 0.717) is 0 Å². The van der Waals surface area contributed by atoms with Gasteiger partial charge in [-0.1, -0.05) is 42.5 Å². The van der Waals surface area contributed by atoms with Crippen molar-refractivity contribution < 1.29 is 0 Å². The Bertz CT molecular complexity index is 1270. The molecule has 0 heterocycles. The topological polar surface area (TPSA) is 0 Å². The third-order valence-corrected chi connectivity index (χ3v) is 8.18. The molecule has 0 heteroatoms. The fourth-order valence-electron chi connectivity index (χ4n) is 4.63. The summed E-state index contributed by atoms with van der Waals surface area (Å²) < 4.78 is 0. The first-order chi connectivity index (χ1) is 16.3. The lowest BCUT2D eigenvalue weighted by Crippen LogP contribution is -1.95. The van der Waals surface area contributed by atoms with Crippen LogP contribution in [0.5, 0.6) is 0 Å². The Hall–Kier alpha value is -2.86. The molecule has 4 aromatic rings. The Balaban J connectivity index is 0.000000192. The van der Waals surface area contributed by atoms with E-state index in [1.165, 1.54) is 83.1 Å². The lowest BCUT2D eigenvalue weighted by Gasteiger charge is -2.15. The van der Waals surface area contributed by atoms with Crippen LogP contribution < -0.4 is 0 Å². The highest BCUT2D eigenvalue weighted by atomic mass is 14.1. The Morgan fingerprint density at radius 3 is 1.14 bits per heavy atom. The summed E-state index contributed by atoms with van der Waals surface area (Å²) >= 11 is 0. The quantitative estimate of drug-likeness (QED) is 0.242. The van der Waals surface area contributed by atoms with Crippen LogP contribution >= 0.6 is 0 Å². The third kappa shape index (κ3) is 6.43. The van der Waals surface area contributed by atoms with Crippen molar-refractivity contribution in [2.24, 2.45) is 0 Å². The Morgan fingerprint density at radius 1 is 0.314 bits per heavy atom. The summed E-state index contributed by atoms with van der Waals surface area (Å²) in [5, 5.41) is 2.86. The smallest absolute Gasteiger partial charge is 0.0120 e. The summed E-state index contributed by atoms with van der Waals surface area (Å²) in [7, 11) is 0. The predicted molar refractivity (Wildman–Crippen MR) is 158 cm³/mol. The van der Waals surface area contributed by atoms with Gasteiger partial charge in [0.25, 0.3) is 0 Å². The molecular formula is C35H46. The standard InChI is InChI=1S/C15H18.2C10H14/c1-9-7-6-8-14-12(4)10(2)11(3)13(5)15(9)14;1-7-5-9(3)10(4)6-8(7)2;1-7-5-6-8(2)10(4)9(7)3/h6-8H,1-5H3;2*5-6H,1-4H3. The molecule has 0 fully saturated rings. The summed E-state index contributed by atoms with van der Waals surface area (Å²) in [6, 6.07) is 15.4. The molecule has 0 bridgehead atoms. The Morgan fingerprint density at radius 2 is 0.714 bits per heavy atom. The third-order valence-electron chi connectivity index (χ3n) is 8.18. The predicted octanol–water partition coefficient (Wildman–Crippen LogP) is 10.2. The zero-order valence-electron chi connectivity index (χ0n) is 24.5. The highest BCUT2D eigenvalue weighted by Crippen LogP contribution is 2.30. The van der Waals surface area contributed by atoms with E-state index in [0.717, 1.165) is 0 Å². The molecule has 0 spiro atoms. The van der Waals surface area contributed by atoms with Gasteiger partial charge < -0.3 is 0 Å². The number of aryl methyl sites for hydroxylation is 9. The highest BCUT2D eigenvalue weighted by Gasteiger charge is 2.09. The number of hydrogen-bond donors (Lipinski definition) is 0. The van der Waals surface area contributed by atoms with Crippen LogP contribution in [-0.4, -0.2) is 0 Å². The lowest BCUT2D eigenvalue weighted by atomic mass is 9.90. The number of rotatable bonds is 0. The maximum atomic E-state index is 2.24. The van der Waals surface area contributed by atoms with E-state index in [1.807, 2.05) is 0 Å². The first-order valence-electron chi connectivity index (χ1n) is 12.8. The van der Waals surface area contributed by atoms with E-state index in [1.54, 1.807) is 0 Å². The van der Waals surface area contributed by atoms with Gasteiger partial charge in [0, 0.05) is 0 Å². The van der Waals surface area contributed by atoms with Gasteiger partial charge in [0.05, 0.1) is 0 Å². The molecule has 0 aromatic heterocycles. The summed E-state index contributed by atoms with van der Waals surface area (Å²) in [6.07, 6.45) is 0. The molecule has 35 heavy (non-hydrogen) atoms. The van der Waals surface area contributed by atoms with Crippen molar-refractivity contribution in [3.05, 3.63) is 115 Å².